The maximum Gasteiger partial charge on any atom is 0.345 e. The molecule has 0 aliphatic heterocycles. The number of urea groups is 1. The number of hydrogen-bond donors (Lipinski definition) is 3. The van der Waals surface area contributed by atoms with Crippen LogP contribution in [0, 0.1) is 0 Å². The molecular formula is C5H9FN2O4. The summed E-state index contributed by atoms with van der Waals surface area (Å²) in [6.45, 7) is 0. The minimum Gasteiger partial charge on any atom is -0.467 e. The van der Waals surface area contributed by atoms with Crippen molar-refractivity contribution in [2.45, 2.75) is 12.4 Å². The summed E-state index contributed by atoms with van der Waals surface area (Å²) >= 11 is 0. The number of amides is 2. The number of methoxy groups -OCH3 is 1. The quantitative estimate of drug-likeness (QED) is 0.362. The maximum absolute atomic E-state index is 12.6. The molecule has 0 saturated heterocycles. The van der Waals surface area contributed by atoms with Crippen molar-refractivity contribution < 1.29 is 23.8 Å². The lowest BCUT2D eigenvalue weighted by molar-refractivity contribution is -0.151. The van der Waals surface area contributed by atoms with Crippen LogP contribution in [0.1, 0.15) is 0 Å². The van der Waals surface area contributed by atoms with E-state index in [1.54, 1.807) is 5.32 Å². The molecule has 0 aromatic rings. The van der Waals surface area contributed by atoms with Gasteiger partial charge in [0.15, 0.2) is 6.23 Å². The van der Waals surface area contributed by atoms with Crippen molar-refractivity contribution in [3.8, 4) is 0 Å². The lowest BCUT2D eigenvalue weighted by Crippen LogP contribution is -2.47. The Labute approximate surface area is 67.5 Å². The van der Waals surface area contributed by atoms with Crippen LogP contribution >= 0.6 is 0 Å². The summed E-state index contributed by atoms with van der Waals surface area (Å²) < 4.78 is 16.5. The first kappa shape index (κ1) is 10.6. The zero-order valence-corrected chi connectivity index (χ0v) is 6.28. The molecule has 2 atom stereocenters. The number of nitrogens with two attached hydrogens (primary N) is 1. The van der Waals surface area contributed by atoms with Crippen molar-refractivity contribution in [2.24, 2.45) is 5.73 Å². The second-order valence-corrected chi connectivity index (χ2v) is 1.88. The minimum absolute atomic E-state index is 0.950. The summed E-state index contributed by atoms with van der Waals surface area (Å²) in [7, 11) is 0.950. The Morgan fingerprint density at radius 1 is 1.67 bits per heavy atom. The van der Waals surface area contributed by atoms with Crippen molar-refractivity contribution >= 4 is 12.0 Å². The Hall–Kier alpha value is -1.37. The van der Waals surface area contributed by atoms with Crippen molar-refractivity contribution in [2.75, 3.05) is 7.11 Å². The van der Waals surface area contributed by atoms with Crippen molar-refractivity contribution in [3.63, 3.8) is 0 Å². The monoisotopic (exact) mass is 180 g/mol. The molecular weight excluding hydrogens is 171 g/mol. The molecule has 2 unspecified atom stereocenters. The Kier molecular flexibility index (Phi) is 3.98. The molecule has 0 rings (SSSR count). The summed E-state index contributed by atoms with van der Waals surface area (Å²) in [5.74, 6) is -1.28. The van der Waals surface area contributed by atoms with Crippen molar-refractivity contribution in [1.82, 2.24) is 5.32 Å². The number of nitrogens with one attached hydrogen (secondary N) is 1. The summed E-state index contributed by atoms with van der Waals surface area (Å²) in [5, 5.41) is 10.3. The van der Waals surface area contributed by atoms with Crippen LogP contribution in [-0.2, 0) is 9.53 Å². The van der Waals surface area contributed by atoms with Gasteiger partial charge < -0.3 is 20.9 Å². The van der Waals surface area contributed by atoms with Gasteiger partial charge in [0.25, 0.3) is 0 Å². The summed E-state index contributed by atoms with van der Waals surface area (Å²) in [6, 6.07) is -1.13. The fraction of sp³-hybridized carbons (Fsp3) is 0.600. The van der Waals surface area contributed by atoms with Crippen LogP contribution in [0.2, 0.25) is 0 Å². The number of ether oxygens (including phenoxy) is 1. The third-order valence-corrected chi connectivity index (χ3v) is 0.994. The Morgan fingerprint density at radius 3 is 2.50 bits per heavy atom. The largest absolute Gasteiger partial charge is 0.467 e. The van der Waals surface area contributed by atoms with E-state index >= 15 is 0 Å². The first-order valence-corrected chi connectivity index (χ1v) is 2.95. The smallest absolute Gasteiger partial charge is 0.345 e. The third-order valence-electron chi connectivity index (χ3n) is 0.994. The van der Waals surface area contributed by atoms with Crippen LogP contribution in [0.25, 0.3) is 0 Å². The van der Waals surface area contributed by atoms with E-state index in [2.05, 4.69) is 10.5 Å². The van der Waals surface area contributed by atoms with Crippen LogP contribution in [0.3, 0.4) is 0 Å². The minimum atomic E-state index is -2.33. The number of esters is 1. The highest BCUT2D eigenvalue weighted by Gasteiger charge is 2.27. The molecule has 0 heterocycles. The van der Waals surface area contributed by atoms with Gasteiger partial charge in [-0.05, 0) is 0 Å². The Balaban J connectivity index is 4.00. The predicted molar refractivity (Wildman–Crippen MR) is 35.6 cm³/mol. The van der Waals surface area contributed by atoms with E-state index in [1.165, 1.54) is 0 Å². The highest BCUT2D eigenvalue weighted by molar-refractivity contribution is 5.77. The number of aliphatic hydroxyl groups is 1. The summed E-state index contributed by atoms with van der Waals surface area (Å²) in [5.41, 5.74) is 4.54. The standard InChI is InChI=1S/C5H9FN2O4/c1-12-4(10)2(6)3(9)8-5(7)11/h2-3,9H,1H3,(H3,7,8,11). The lowest BCUT2D eigenvalue weighted by Gasteiger charge is -2.13. The fourth-order valence-electron chi connectivity index (χ4n) is 0.460. The molecule has 7 heteroatoms. The first-order chi connectivity index (χ1) is 5.49. The zero-order valence-electron chi connectivity index (χ0n) is 6.28. The molecule has 0 spiro atoms. The molecule has 12 heavy (non-hydrogen) atoms. The molecule has 70 valence electrons. The van der Waals surface area contributed by atoms with E-state index in [9.17, 15) is 14.0 Å². The zero-order chi connectivity index (χ0) is 9.72. The molecule has 0 aromatic carbocycles. The van der Waals surface area contributed by atoms with Gasteiger partial charge >= 0.3 is 12.0 Å². The average Bonchev–Trinajstić information content (AvgIpc) is 2.00. The van der Waals surface area contributed by atoms with Gasteiger partial charge in [-0.25, -0.2) is 14.0 Å². The number of halogens is 1. The highest BCUT2D eigenvalue weighted by atomic mass is 19.1. The number of aliphatic hydroxyl groups excluding tert-OH is 1. The number of carbonyl (C=O) groups excluding carboxylic acids is 2. The van der Waals surface area contributed by atoms with Crippen LogP contribution in [-0.4, -0.2) is 36.6 Å². The van der Waals surface area contributed by atoms with Gasteiger partial charge in [0.05, 0.1) is 7.11 Å². The number of alkyl halides is 1. The van der Waals surface area contributed by atoms with Crippen molar-refractivity contribution in [3.05, 3.63) is 0 Å². The van der Waals surface area contributed by atoms with Gasteiger partial charge in [0, 0.05) is 0 Å². The van der Waals surface area contributed by atoms with Crippen LogP contribution in [0.15, 0.2) is 0 Å². The van der Waals surface area contributed by atoms with E-state index in [4.69, 9.17) is 5.11 Å². The normalized spacial score (nSPS) is 14.6. The maximum atomic E-state index is 12.6. The van der Waals surface area contributed by atoms with E-state index in [1.807, 2.05) is 0 Å². The molecule has 0 fully saturated rings. The predicted octanol–water partition coefficient (Wildman–Crippen LogP) is -1.52. The summed E-state index contributed by atoms with van der Waals surface area (Å²) in [4.78, 5) is 20.4. The number of rotatable bonds is 3. The fourth-order valence-corrected chi connectivity index (χ4v) is 0.460. The second kappa shape index (κ2) is 4.50. The van der Waals surface area contributed by atoms with E-state index < -0.39 is 24.4 Å². The van der Waals surface area contributed by atoms with E-state index in [0.29, 0.717) is 0 Å². The van der Waals surface area contributed by atoms with E-state index in [-0.39, 0.29) is 0 Å². The van der Waals surface area contributed by atoms with Gasteiger partial charge in [-0.1, -0.05) is 0 Å². The molecule has 0 aliphatic carbocycles. The van der Waals surface area contributed by atoms with Gasteiger partial charge in [-0.2, -0.15) is 0 Å². The molecule has 0 radical (unpaired) electrons. The highest BCUT2D eigenvalue weighted by Crippen LogP contribution is 1.98. The summed E-state index contributed by atoms with van der Waals surface area (Å²) in [6.07, 6.45) is -4.31. The Morgan fingerprint density at radius 2 is 2.17 bits per heavy atom. The van der Waals surface area contributed by atoms with Crippen molar-refractivity contribution in [1.29, 1.82) is 0 Å². The molecule has 0 bridgehead atoms. The van der Waals surface area contributed by atoms with Crippen LogP contribution in [0.5, 0.6) is 0 Å². The first-order valence-electron chi connectivity index (χ1n) is 2.95. The van der Waals surface area contributed by atoms with Crippen LogP contribution < -0.4 is 11.1 Å². The number of primary amides is 1. The molecule has 0 saturated carbocycles. The number of hydrogen-bond acceptors (Lipinski definition) is 4. The average molecular weight is 180 g/mol. The lowest BCUT2D eigenvalue weighted by atomic mass is 10.3. The molecule has 6 nitrogen and oxygen atoms in total. The second-order valence-electron chi connectivity index (χ2n) is 1.88. The van der Waals surface area contributed by atoms with Gasteiger partial charge in [0.1, 0.15) is 0 Å². The van der Waals surface area contributed by atoms with E-state index in [0.717, 1.165) is 7.11 Å². The van der Waals surface area contributed by atoms with Gasteiger partial charge in [-0.3, -0.25) is 0 Å². The number of carbonyl (C=O) groups is 2. The van der Waals surface area contributed by atoms with Gasteiger partial charge in [-0.15, -0.1) is 0 Å². The Bertz CT molecular complexity index is 186. The molecule has 2 amide bonds. The molecule has 4 N–H and O–H groups in total. The topological polar surface area (TPSA) is 102 Å². The molecule has 0 aliphatic rings. The SMILES string of the molecule is COC(=O)C(F)C(O)NC(N)=O. The van der Waals surface area contributed by atoms with Gasteiger partial charge in [0.2, 0.25) is 6.17 Å². The molecule has 0 aromatic heterocycles. The van der Waals surface area contributed by atoms with Crippen LogP contribution in [0.4, 0.5) is 9.18 Å². The third kappa shape index (κ3) is 3.15.